The average molecular weight is 367 g/mol. The van der Waals surface area contributed by atoms with Gasteiger partial charge in [0.05, 0.1) is 23.3 Å². The number of hydrogen-bond donors (Lipinski definition) is 2. The van der Waals surface area contributed by atoms with Crippen LogP contribution in [-0.2, 0) is 4.79 Å². The van der Waals surface area contributed by atoms with E-state index < -0.39 is 0 Å². The molecular weight excluding hydrogens is 346 g/mol. The number of carbonyl (C=O) groups excluding carboxylic acids is 1. The Morgan fingerprint density at radius 3 is 2.32 bits per heavy atom. The van der Waals surface area contributed by atoms with Crippen molar-refractivity contribution in [3.63, 3.8) is 0 Å². The van der Waals surface area contributed by atoms with Crippen LogP contribution >= 0.6 is 0 Å². The van der Waals surface area contributed by atoms with E-state index in [-0.39, 0.29) is 23.7 Å². The Hall–Kier alpha value is -3.40. The van der Waals surface area contributed by atoms with Crippen LogP contribution in [0.25, 0.3) is 0 Å². The molecule has 0 radical (unpaired) electrons. The minimum Gasteiger partial charge on any atom is -0.375 e. The monoisotopic (exact) mass is 367 g/mol. The van der Waals surface area contributed by atoms with Gasteiger partial charge in [-0.15, -0.1) is 0 Å². The number of aromatic nitrogens is 1. The van der Waals surface area contributed by atoms with E-state index in [2.05, 4.69) is 33.8 Å². The van der Waals surface area contributed by atoms with Crippen molar-refractivity contribution in [1.82, 2.24) is 4.98 Å². The lowest BCUT2D eigenvalue weighted by molar-refractivity contribution is -0.122. The molecule has 4 nitrogen and oxygen atoms in total. The van der Waals surface area contributed by atoms with Crippen LogP contribution in [0.1, 0.15) is 29.5 Å². The number of carbonyl (C=O) groups is 1. The highest BCUT2D eigenvalue weighted by Gasteiger charge is 2.39. The minimum absolute atomic E-state index is 0.0933. The van der Waals surface area contributed by atoms with Crippen LogP contribution in [0.5, 0.6) is 0 Å². The van der Waals surface area contributed by atoms with Crippen molar-refractivity contribution in [2.24, 2.45) is 5.92 Å². The van der Waals surface area contributed by atoms with Gasteiger partial charge >= 0.3 is 0 Å². The first-order valence-corrected chi connectivity index (χ1v) is 9.61. The van der Waals surface area contributed by atoms with Gasteiger partial charge in [0, 0.05) is 30.4 Å². The van der Waals surface area contributed by atoms with Gasteiger partial charge in [-0.1, -0.05) is 48.5 Å². The smallest absolute Gasteiger partial charge is 0.145 e. The number of nitrogens with one attached hydrogen (secondary N) is 2. The quantitative estimate of drug-likeness (QED) is 0.675. The van der Waals surface area contributed by atoms with Crippen LogP contribution in [-0.4, -0.2) is 10.8 Å². The first-order chi connectivity index (χ1) is 13.8. The van der Waals surface area contributed by atoms with Crippen molar-refractivity contribution in [3.05, 3.63) is 102 Å². The number of fused-ring (bicyclic) bond motifs is 2. The maximum Gasteiger partial charge on any atom is 0.145 e. The number of benzene rings is 2. The maximum absolute atomic E-state index is 13.4. The second-order valence-electron chi connectivity index (χ2n) is 7.36. The number of Topliss-reactive ketones (excluding diaryl/α,β-unsaturated/α-hetero) is 1. The summed E-state index contributed by atoms with van der Waals surface area (Å²) in [6, 6.07) is 22.2. The molecule has 5 rings (SSSR count). The number of anilines is 2. The summed E-state index contributed by atoms with van der Waals surface area (Å²) in [6.07, 6.45) is 6.31. The van der Waals surface area contributed by atoms with Gasteiger partial charge in [0.15, 0.2) is 0 Å². The third-order valence-electron chi connectivity index (χ3n) is 5.63. The van der Waals surface area contributed by atoms with Crippen molar-refractivity contribution >= 4 is 17.2 Å². The Balaban J connectivity index is 1.63. The van der Waals surface area contributed by atoms with Crippen molar-refractivity contribution in [2.75, 3.05) is 10.6 Å². The van der Waals surface area contributed by atoms with E-state index in [9.17, 15) is 4.79 Å². The molecule has 28 heavy (non-hydrogen) atoms. The predicted molar refractivity (Wildman–Crippen MR) is 111 cm³/mol. The van der Waals surface area contributed by atoms with Crippen molar-refractivity contribution in [3.8, 4) is 0 Å². The van der Waals surface area contributed by atoms with E-state index in [0.717, 1.165) is 22.6 Å². The van der Waals surface area contributed by atoms with Crippen LogP contribution in [0.4, 0.5) is 11.4 Å². The van der Waals surface area contributed by atoms with Crippen LogP contribution in [0, 0.1) is 5.92 Å². The molecule has 2 heterocycles. The van der Waals surface area contributed by atoms with E-state index in [4.69, 9.17) is 0 Å². The molecule has 0 saturated heterocycles. The molecule has 0 bridgehead atoms. The SMILES string of the molecule is O=C1CC(c2ccccc2)C=C2Nc3ccccc3NC(c3ccncc3)C12. The third-order valence-corrected chi connectivity index (χ3v) is 5.63. The predicted octanol–water partition coefficient (Wildman–Crippen LogP) is 4.92. The molecule has 2 aromatic carbocycles. The molecule has 1 aromatic heterocycles. The standard InChI is InChI=1S/C24H21N3O/c28-22-15-18(16-6-2-1-3-7-16)14-21-23(22)24(17-10-12-25-13-11-17)27-20-9-5-4-8-19(20)26-21/h1-14,18,23-24,26-27H,15H2. The summed E-state index contributed by atoms with van der Waals surface area (Å²) in [5, 5.41) is 7.16. The lowest BCUT2D eigenvalue weighted by Gasteiger charge is -2.32. The van der Waals surface area contributed by atoms with Crippen LogP contribution < -0.4 is 10.6 Å². The number of pyridine rings is 1. The molecule has 2 aliphatic rings. The summed E-state index contributed by atoms with van der Waals surface area (Å²) in [4.78, 5) is 17.5. The molecule has 4 heteroatoms. The third kappa shape index (κ3) is 2.97. The van der Waals surface area contributed by atoms with E-state index in [0.29, 0.717) is 6.42 Å². The largest absolute Gasteiger partial charge is 0.375 e. The average Bonchev–Trinajstić information content (AvgIpc) is 2.92. The van der Waals surface area contributed by atoms with Crippen LogP contribution in [0.2, 0.25) is 0 Å². The highest BCUT2D eigenvalue weighted by Crippen LogP contribution is 2.44. The van der Waals surface area contributed by atoms with Gasteiger partial charge in [0.25, 0.3) is 0 Å². The molecule has 2 N–H and O–H groups in total. The molecule has 3 aromatic rings. The van der Waals surface area contributed by atoms with Crippen molar-refractivity contribution in [1.29, 1.82) is 0 Å². The Kier molecular flexibility index (Phi) is 4.17. The number of nitrogens with zero attached hydrogens (tertiary/aromatic N) is 1. The number of rotatable bonds is 2. The summed E-state index contributed by atoms with van der Waals surface area (Å²) in [5.41, 5.74) is 5.22. The minimum atomic E-state index is -0.255. The molecule has 0 amide bonds. The molecule has 0 fully saturated rings. The molecule has 138 valence electrons. The maximum atomic E-state index is 13.4. The van der Waals surface area contributed by atoms with E-state index in [1.807, 2.05) is 54.6 Å². The van der Waals surface area contributed by atoms with Crippen molar-refractivity contribution in [2.45, 2.75) is 18.4 Å². The molecule has 0 spiro atoms. The normalized spacial score (nSPS) is 23.4. The van der Waals surface area contributed by atoms with Gasteiger partial charge < -0.3 is 10.6 Å². The second kappa shape index (κ2) is 6.97. The number of ketones is 1. The van der Waals surface area contributed by atoms with Gasteiger partial charge in [0.1, 0.15) is 5.78 Å². The van der Waals surface area contributed by atoms with Gasteiger partial charge in [0.2, 0.25) is 0 Å². The molecule has 1 aliphatic carbocycles. The molecule has 3 atom stereocenters. The van der Waals surface area contributed by atoms with Crippen molar-refractivity contribution < 1.29 is 4.79 Å². The van der Waals surface area contributed by atoms with E-state index in [1.54, 1.807) is 12.4 Å². The number of para-hydroxylation sites is 2. The Labute approximate surface area is 164 Å². The first-order valence-electron chi connectivity index (χ1n) is 9.61. The summed E-state index contributed by atoms with van der Waals surface area (Å²) in [5.74, 6) is 0.0894. The highest BCUT2D eigenvalue weighted by atomic mass is 16.1. The van der Waals surface area contributed by atoms with Gasteiger partial charge in [-0.25, -0.2) is 0 Å². The lowest BCUT2D eigenvalue weighted by Crippen LogP contribution is -2.33. The van der Waals surface area contributed by atoms with Gasteiger partial charge in [-0.2, -0.15) is 0 Å². The van der Waals surface area contributed by atoms with Gasteiger partial charge in [-0.05, 0) is 35.4 Å². The molecule has 3 unspecified atom stereocenters. The molecular formula is C24H21N3O. The fourth-order valence-electron chi connectivity index (χ4n) is 4.27. The number of hydrogen-bond acceptors (Lipinski definition) is 4. The molecule has 0 saturated carbocycles. The Morgan fingerprint density at radius 2 is 1.54 bits per heavy atom. The topological polar surface area (TPSA) is 54.0 Å². The summed E-state index contributed by atoms with van der Waals surface area (Å²) >= 11 is 0. The zero-order chi connectivity index (χ0) is 18.9. The first kappa shape index (κ1) is 16.8. The van der Waals surface area contributed by atoms with Crippen LogP contribution in [0.15, 0.2) is 90.9 Å². The number of allylic oxidation sites excluding steroid dienone is 1. The Bertz CT molecular complexity index is 1030. The summed E-state index contributed by atoms with van der Waals surface area (Å²) in [7, 11) is 0. The zero-order valence-corrected chi connectivity index (χ0v) is 15.4. The second-order valence-corrected chi connectivity index (χ2v) is 7.36. The Morgan fingerprint density at radius 1 is 0.821 bits per heavy atom. The summed E-state index contributed by atoms with van der Waals surface area (Å²) in [6.45, 7) is 0. The fourth-order valence-corrected chi connectivity index (χ4v) is 4.27. The van der Waals surface area contributed by atoms with E-state index in [1.165, 1.54) is 5.56 Å². The van der Waals surface area contributed by atoms with E-state index >= 15 is 0 Å². The summed E-state index contributed by atoms with van der Waals surface area (Å²) < 4.78 is 0. The zero-order valence-electron chi connectivity index (χ0n) is 15.4. The fraction of sp³-hybridized carbons (Fsp3) is 0.167. The van der Waals surface area contributed by atoms with Crippen LogP contribution in [0.3, 0.4) is 0 Å². The van der Waals surface area contributed by atoms with Gasteiger partial charge in [-0.3, -0.25) is 9.78 Å². The molecule has 1 aliphatic heterocycles. The highest BCUT2D eigenvalue weighted by molar-refractivity contribution is 5.90. The lowest BCUT2D eigenvalue weighted by atomic mass is 9.76.